The Morgan fingerprint density at radius 1 is 1.47 bits per heavy atom. The predicted octanol–water partition coefficient (Wildman–Crippen LogP) is 0.951. The van der Waals surface area contributed by atoms with Crippen LogP contribution in [0.4, 0.5) is 0 Å². The minimum Gasteiger partial charge on any atom is -0.466 e. The summed E-state index contributed by atoms with van der Waals surface area (Å²) in [5, 5.41) is 2.91. The lowest BCUT2D eigenvalue weighted by atomic mass is 10.2. The van der Waals surface area contributed by atoms with Crippen molar-refractivity contribution in [1.82, 2.24) is 5.32 Å². The molecule has 1 atom stereocenters. The zero-order valence-corrected chi connectivity index (χ0v) is 9.77. The number of rotatable bonds is 5. The van der Waals surface area contributed by atoms with Crippen LogP contribution in [0.2, 0.25) is 0 Å². The maximum Gasteiger partial charge on any atom is 0.306 e. The van der Waals surface area contributed by atoms with E-state index < -0.39 is 0 Å². The molecule has 1 saturated heterocycles. The fourth-order valence-corrected chi connectivity index (χ4v) is 2.55. The molecule has 1 amide bonds. The molecule has 0 saturated carbocycles. The highest BCUT2D eigenvalue weighted by Crippen LogP contribution is 2.17. The molecule has 0 spiro atoms. The smallest absolute Gasteiger partial charge is 0.306 e. The Morgan fingerprint density at radius 3 is 2.87 bits per heavy atom. The van der Waals surface area contributed by atoms with Crippen molar-refractivity contribution in [3.8, 4) is 0 Å². The van der Waals surface area contributed by atoms with E-state index in [-0.39, 0.29) is 24.7 Å². The van der Waals surface area contributed by atoms with Gasteiger partial charge in [-0.05, 0) is 19.1 Å². The molecular formula is C10H17NO3S. The number of nitrogens with one attached hydrogen (secondary N) is 1. The van der Waals surface area contributed by atoms with Crippen LogP contribution in [-0.2, 0) is 14.3 Å². The minimum atomic E-state index is -0.298. The second kappa shape index (κ2) is 6.71. The molecule has 1 aliphatic rings. The first-order chi connectivity index (χ1) is 7.22. The molecule has 1 rings (SSSR count). The molecule has 0 aromatic rings. The molecule has 1 unspecified atom stereocenters. The summed E-state index contributed by atoms with van der Waals surface area (Å²) in [6.45, 7) is 2.13. The first-order valence-electron chi connectivity index (χ1n) is 5.25. The molecule has 0 aromatic heterocycles. The molecule has 0 aromatic carbocycles. The molecule has 5 heteroatoms. The fourth-order valence-electron chi connectivity index (χ4n) is 1.40. The second-order valence-corrected chi connectivity index (χ2v) is 4.58. The fraction of sp³-hybridized carbons (Fsp3) is 0.800. The van der Waals surface area contributed by atoms with E-state index in [0.717, 1.165) is 17.9 Å². The third kappa shape index (κ3) is 5.06. The number of hydrogen-bond donors (Lipinski definition) is 1. The Labute approximate surface area is 94.1 Å². The van der Waals surface area contributed by atoms with Gasteiger partial charge in [0, 0.05) is 18.2 Å². The first kappa shape index (κ1) is 12.4. The van der Waals surface area contributed by atoms with Gasteiger partial charge >= 0.3 is 5.97 Å². The van der Waals surface area contributed by atoms with Gasteiger partial charge in [-0.3, -0.25) is 9.59 Å². The van der Waals surface area contributed by atoms with E-state index >= 15 is 0 Å². The van der Waals surface area contributed by atoms with Gasteiger partial charge in [-0.15, -0.1) is 0 Å². The molecular weight excluding hydrogens is 214 g/mol. The van der Waals surface area contributed by atoms with Crippen molar-refractivity contribution < 1.29 is 14.3 Å². The van der Waals surface area contributed by atoms with Gasteiger partial charge in [0.25, 0.3) is 0 Å². The first-order valence-corrected chi connectivity index (χ1v) is 6.40. The third-order valence-corrected chi connectivity index (χ3v) is 3.32. The van der Waals surface area contributed by atoms with Gasteiger partial charge in [0.05, 0.1) is 13.0 Å². The van der Waals surface area contributed by atoms with Crippen molar-refractivity contribution in [1.29, 1.82) is 0 Å². The van der Waals surface area contributed by atoms with Crippen molar-refractivity contribution in [2.75, 3.05) is 18.1 Å². The van der Waals surface area contributed by atoms with Gasteiger partial charge in [-0.25, -0.2) is 0 Å². The van der Waals surface area contributed by atoms with E-state index in [2.05, 4.69) is 5.32 Å². The van der Waals surface area contributed by atoms with Gasteiger partial charge in [-0.1, -0.05) is 0 Å². The van der Waals surface area contributed by atoms with Gasteiger partial charge in [0.15, 0.2) is 0 Å². The normalized spacial score (nSPS) is 19.9. The van der Waals surface area contributed by atoms with Gasteiger partial charge in [0.2, 0.25) is 5.91 Å². The molecule has 0 radical (unpaired) electrons. The van der Waals surface area contributed by atoms with Crippen LogP contribution in [0.5, 0.6) is 0 Å². The van der Waals surface area contributed by atoms with E-state index in [1.165, 1.54) is 0 Å². The lowest BCUT2D eigenvalue weighted by molar-refractivity contribution is -0.144. The zero-order chi connectivity index (χ0) is 11.1. The van der Waals surface area contributed by atoms with E-state index in [9.17, 15) is 9.59 Å². The zero-order valence-electron chi connectivity index (χ0n) is 8.95. The van der Waals surface area contributed by atoms with Crippen LogP contribution in [-0.4, -0.2) is 36.0 Å². The molecule has 86 valence electrons. The number of amides is 1. The lowest BCUT2D eigenvalue weighted by Crippen LogP contribution is -2.34. The Balaban J connectivity index is 2.10. The van der Waals surface area contributed by atoms with Crippen molar-refractivity contribution >= 4 is 23.6 Å². The Morgan fingerprint density at radius 2 is 2.27 bits per heavy atom. The molecule has 0 aliphatic carbocycles. The van der Waals surface area contributed by atoms with Crippen LogP contribution >= 0.6 is 11.8 Å². The average Bonchev–Trinajstić information content (AvgIpc) is 2.68. The Bertz CT molecular complexity index is 227. The molecule has 15 heavy (non-hydrogen) atoms. The topological polar surface area (TPSA) is 55.4 Å². The minimum absolute atomic E-state index is 0.0458. The third-order valence-electron chi connectivity index (χ3n) is 2.16. The largest absolute Gasteiger partial charge is 0.466 e. The van der Waals surface area contributed by atoms with Gasteiger partial charge in [-0.2, -0.15) is 11.8 Å². The molecule has 1 fully saturated rings. The lowest BCUT2D eigenvalue weighted by Gasteiger charge is -2.10. The predicted molar refractivity (Wildman–Crippen MR) is 59.7 cm³/mol. The molecule has 1 heterocycles. The summed E-state index contributed by atoms with van der Waals surface area (Å²) < 4.78 is 4.74. The van der Waals surface area contributed by atoms with Crippen LogP contribution in [0.25, 0.3) is 0 Å². The Kier molecular flexibility index (Phi) is 5.53. The van der Waals surface area contributed by atoms with Gasteiger partial charge < -0.3 is 10.1 Å². The summed E-state index contributed by atoms with van der Waals surface area (Å²) in [5.41, 5.74) is 0. The van der Waals surface area contributed by atoms with Crippen LogP contribution in [0.15, 0.2) is 0 Å². The van der Waals surface area contributed by atoms with Crippen molar-refractivity contribution in [2.45, 2.75) is 32.2 Å². The summed E-state index contributed by atoms with van der Waals surface area (Å²) in [4.78, 5) is 22.4. The SMILES string of the molecule is CCOC(=O)CCC(=O)NC1CCSC1. The number of ether oxygens (including phenoxy) is 1. The highest BCUT2D eigenvalue weighted by Gasteiger charge is 2.17. The maximum absolute atomic E-state index is 11.4. The molecule has 4 nitrogen and oxygen atoms in total. The van der Waals surface area contributed by atoms with Crippen molar-refractivity contribution in [3.05, 3.63) is 0 Å². The number of carbonyl (C=O) groups is 2. The molecule has 1 N–H and O–H groups in total. The van der Waals surface area contributed by atoms with E-state index in [4.69, 9.17) is 4.74 Å². The summed E-state index contributed by atoms with van der Waals surface area (Å²) in [7, 11) is 0. The van der Waals surface area contributed by atoms with Crippen LogP contribution in [0, 0.1) is 0 Å². The molecule has 1 aliphatic heterocycles. The highest BCUT2D eigenvalue weighted by molar-refractivity contribution is 7.99. The monoisotopic (exact) mass is 231 g/mol. The van der Waals surface area contributed by atoms with Crippen LogP contribution in [0.3, 0.4) is 0 Å². The Hall–Kier alpha value is -0.710. The number of hydrogen-bond acceptors (Lipinski definition) is 4. The molecule has 0 bridgehead atoms. The summed E-state index contributed by atoms with van der Waals surface area (Å²) in [6.07, 6.45) is 1.45. The highest BCUT2D eigenvalue weighted by atomic mass is 32.2. The maximum atomic E-state index is 11.4. The van der Waals surface area contributed by atoms with E-state index in [1.807, 2.05) is 11.8 Å². The van der Waals surface area contributed by atoms with Crippen molar-refractivity contribution in [2.24, 2.45) is 0 Å². The summed E-state index contributed by atoms with van der Waals surface area (Å²) in [6, 6.07) is 0.296. The quantitative estimate of drug-likeness (QED) is 0.716. The van der Waals surface area contributed by atoms with E-state index in [1.54, 1.807) is 6.92 Å². The second-order valence-electron chi connectivity index (χ2n) is 3.43. The van der Waals surface area contributed by atoms with Crippen LogP contribution in [0.1, 0.15) is 26.2 Å². The number of esters is 1. The number of thioether (sulfide) groups is 1. The van der Waals surface area contributed by atoms with E-state index in [0.29, 0.717) is 12.6 Å². The van der Waals surface area contributed by atoms with Crippen LogP contribution < -0.4 is 5.32 Å². The van der Waals surface area contributed by atoms with Gasteiger partial charge in [0.1, 0.15) is 0 Å². The number of carbonyl (C=O) groups excluding carboxylic acids is 2. The summed E-state index contributed by atoms with van der Waals surface area (Å²) in [5.74, 6) is 1.76. The standard InChI is InChI=1S/C10H17NO3S/c1-2-14-10(13)4-3-9(12)11-8-5-6-15-7-8/h8H,2-7H2,1H3,(H,11,12). The summed E-state index contributed by atoms with van der Waals surface area (Å²) >= 11 is 1.85. The average molecular weight is 231 g/mol. The van der Waals surface area contributed by atoms with Crippen molar-refractivity contribution in [3.63, 3.8) is 0 Å².